The molecule has 1 rings (SSSR count). The minimum atomic E-state index is 1.09. The molecule has 0 aliphatic rings. The number of anilines is 1. The molecule has 0 aliphatic heterocycles. The van der Waals surface area contributed by atoms with Crippen LogP contribution in [0, 0.1) is 0 Å². The number of hydrogen-bond donors (Lipinski definition) is 1. The molecule has 1 aromatic carbocycles. The molecule has 11 heavy (non-hydrogen) atoms. The molecule has 0 bridgehead atoms. The van der Waals surface area contributed by atoms with Gasteiger partial charge in [-0.1, -0.05) is 12.1 Å². The Balaban J connectivity index is 2.66. The lowest BCUT2D eigenvalue weighted by Crippen LogP contribution is -1.81. The average molecular weight is 232 g/mol. The highest BCUT2D eigenvalue weighted by atomic mass is 79.9. The zero-order chi connectivity index (χ0) is 8.10. The molecule has 0 aromatic heterocycles. The molecule has 1 aromatic rings. The van der Waals surface area contributed by atoms with Gasteiger partial charge in [-0.05, 0) is 24.0 Å². The van der Waals surface area contributed by atoms with E-state index in [0.717, 1.165) is 11.4 Å². The third kappa shape index (κ3) is 2.75. The SMILES string of the molecule is CSCc1ccc(NBr)cc1. The normalized spacial score (nSPS) is 9.64. The number of hydrogen-bond acceptors (Lipinski definition) is 2. The molecule has 1 N–H and O–H groups in total. The van der Waals surface area contributed by atoms with Crippen LogP contribution in [0.3, 0.4) is 0 Å². The monoisotopic (exact) mass is 231 g/mol. The van der Waals surface area contributed by atoms with E-state index in [9.17, 15) is 0 Å². The summed E-state index contributed by atoms with van der Waals surface area (Å²) in [4.78, 5) is 0. The number of halogens is 1. The third-order valence-corrected chi connectivity index (χ3v) is 2.45. The first-order valence-electron chi connectivity index (χ1n) is 3.31. The molecule has 0 atom stereocenters. The quantitative estimate of drug-likeness (QED) is 0.802. The van der Waals surface area contributed by atoms with E-state index in [1.54, 1.807) is 0 Å². The predicted molar refractivity (Wildman–Crippen MR) is 56.2 cm³/mol. The lowest BCUT2D eigenvalue weighted by atomic mass is 10.2. The van der Waals surface area contributed by atoms with Crippen LogP contribution in [0.5, 0.6) is 0 Å². The summed E-state index contributed by atoms with van der Waals surface area (Å²) in [7, 11) is 0. The maximum Gasteiger partial charge on any atom is 0.0465 e. The van der Waals surface area contributed by atoms with E-state index >= 15 is 0 Å². The first kappa shape index (κ1) is 8.94. The van der Waals surface area contributed by atoms with Crippen molar-refractivity contribution in [2.45, 2.75) is 5.75 Å². The fourth-order valence-electron chi connectivity index (χ4n) is 0.831. The Labute approximate surface area is 79.9 Å². The maximum absolute atomic E-state index is 3.17. The van der Waals surface area contributed by atoms with Gasteiger partial charge in [-0.15, -0.1) is 0 Å². The fraction of sp³-hybridized carbons (Fsp3) is 0.250. The summed E-state index contributed by atoms with van der Waals surface area (Å²) >= 11 is 5.00. The first-order chi connectivity index (χ1) is 5.36. The van der Waals surface area contributed by atoms with Crippen LogP contribution in [-0.2, 0) is 5.75 Å². The summed E-state index contributed by atoms with van der Waals surface area (Å²) in [6, 6.07) is 8.36. The van der Waals surface area contributed by atoms with Gasteiger partial charge in [0.1, 0.15) is 0 Å². The molecule has 1 nitrogen and oxygen atoms in total. The fourth-order valence-corrected chi connectivity index (χ4v) is 1.62. The molecule has 0 fully saturated rings. The Morgan fingerprint density at radius 2 is 2.00 bits per heavy atom. The topological polar surface area (TPSA) is 12.0 Å². The smallest absolute Gasteiger partial charge is 0.0465 e. The number of nitrogens with one attached hydrogen (secondary N) is 1. The molecule has 0 spiro atoms. The van der Waals surface area contributed by atoms with Gasteiger partial charge in [0.05, 0.1) is 0 Å². The molecule has 0 saturated heterocycles. The van der Waals surface area contributed by atoms with Gasteiger partial charge in [-0.2, -0.15) is 11.8 Å². The van der Waals surface area contributed by atoms with Crippen molar-refractivity contribution in [3.63, 3.8) is 0 Å². The summed E-state index contributed by atoms with van der Waals surface area (Å²) in [6.07, 6.45) is 2.11. The second-order valence-electron chi connectivity index (χ2n) is 2.22. The van der Waals surface area contributed by atoms with Crippen LogP contribution in [-0.4, -0.2) is 6.26 Å². The molecule has 0 unspecified atom stereocenters. The molecule has 0 radical (unpaired) electrons. The van der Waals surface area contributed by atoms with Crippen LogP contribution >= 0.6 is 27.9 Å². The second kappa shape index (κ2) is 4.67. The Morgan fingerprint density at radius 3 is 2.45 bits per heavy atom. The van der Waals surface area contributed by atoms with Crippen molar-refractivity contribution in [1.29, 1.82) is 0 Å². The second-order valence-corrected chi connectivity index (χ2v) is 3.49. The maximum atomic E-state index is 3.17. The summed E-state index contributed by atoms with van der Waals surface area (Å²) in [5.41, 5.74) is 2.46. The molecule has 0 aliphatic carbocycles. The number of rotatable bonds is 3. The standard InChI is InChI=1S/C8H10BrNS/c1-11-6-7-2-4-8(10-9)5-3-7/h2-5,10H,6H2,1H3. The van der Waals surface area contributed by atoms with Crippen LogP contribution in [0.15, 0.2) is 24.3 Å². The highest BCUT2D eigenvalue weighted by Gasteiger charge is 1.90. The summed E-state index contributed by atoms with van der Waals surface area (Å²) in [5.74, 6) is 1.09. The predicted octanol–water partition coefficient (Wildman–Crippen LogP) is 3.27. The van der Waals surface area contributed by atoms with Gasteiger partial charge >= 0.3 is 0 Å². The van der Waals surface area contributed by atoms with Crippen LogP contribution in [0.2, 0.25) is 0 Å². The van der Waals surface area contributed by atoms with E-state index in [0.29, 0.717) is 0 Å². The number of thioether (sulfide) groups is 1. The van der Waals surface area contributed by atoms with Crippen molar-refractivity contribution in [2.75, 3.05) is 10.6 Å². The highest BCUT2D eigenvalue weighted by molar-refractivity contribution is 9.10. The van der Waals surface area contributed by atoms with E-state index in [2.05, 4.69) is 51.0 Å². The largest absolute Gasteiger partial charge is 0.322 e. The zero-order valence-electron chi connectivity index (χ0n) is 6.30. The van der Waals surface area contributed by atoms with Crippen molar-refractivity contribution in [1.82, 2.24) is 0 Å². The zero-order valence-corrected chi connectivity index (χ0v) is 8.71. The van der Waals surface area contributed by atoms with Gasteiger partial charge in [0.2, 0.25) is 0 Å². The van der Waals surface area contributed by atoms with Crippen LogP contribution < -0.4 is 4.34 Å². The molecule has 60 valence electrons. The van der Waals surface area contributed by atoms with Crippen molar-refractivity contribution in [3.05, 3.63) is 29.8 Å². The van der Waals surface area contributed by atoms with Crippen molar-refractivity contribution < 1.29 is 0 Å². The minimum Gasteiger partial charge on any atom is -0.322 e. The Morgan fingerprint density at radius 1 is 1.36 bits per heavy atom. The van der Waals surface area contributed by atoms with Crippen molar-refractivity contribution in [2.24, 2.45) is 0 Å². The van der Waals surface area contributed by atoms with E-state index in [-0.39, 0.29) is 0 Å². The van der Waals surface area contributed by atoms with Gasteiger partial charge in [-0.25, -0.2) is 0 Å². The van der Waals surface area contributed by atoms with E-state index < -0.39 is 0 Å². The lowest BCUT2D eigenvalue weighted by molar-refractivity contribution is 1.42. The van der Waals surface area contributed by atoms with Crippen LogP contribution in [0.1, 0.15) is 5.56 Å². The van der Waals surface area contributed by atoms with Gasteiger partial charge in [0.15, 0.2) is 0 Å². The van der Waals surface area contributed by atoms with E-state index in [4.69, 9.17) is 0 Å². The first-order valence-corrected chi connectivity index (χ1v) is 5.50. The number of benzene rings is 1. The van der Waals surface area contributed by atoms with Crippen LogP contribution in [0.4, 0.5) is 5.69 Å². The van der Waals surface area contributed by atoms with Gasteiger partial charge in [0, 0.05) is 27.6 Å². The van der Waals surface area contributed by atoms with Crippen molar-refractivity contribution in [3.8, 4) is 0 Å². The molecular formula is C8H10BrNS. The van der Waals surface area contributed by atoms with E-state index in [1.807, 2.05) is 11.8 Å². The van der Waals surface area contributed by atoms with Gasteiger partial charge in [0.25, 0.3) is 0 Å². The summed E-state index contributed by atoms with van der Waals surface area (Å²) in [5, 5.41) is 0. The Hall–Kier alpha value is -0.150. The van der Waals surface area contributed by atoms with Gasteiger partial charge in [-0.3, -0.25) is 0 Å². The molecule has 0 saturated carbocycles. The molecule has 0 heterocycles. The Bertz CT molecular complexity index is 210. The Kier molecular flexibility index (Phi) is 3.80. The molecule has 0 amide bonds. The summed E-state index contributed by atoms with van der Waals surface area (Å²) < 4.78 is 2.90. The van der Waals surface area contributed by atoms with Crippen LogP contribution in [0.25, 0.3) is 0 Å². The molecule has 3 heteroatoms. The van der Waals surface area contributed by atoms with E-state index in [1.165, 1.54) is 5.56 Å². The van der Waals surface area contributed by atoms with Gasteiger partial charge < -0.3 is 4.34 Å². The van der Waals surface area contributed by atoms with Crippen molar-refractivity contribution >= 4 is 33.6 Å². The lowest BCUT2D eigenvalue weighted by Gasteiger charge is -1.99. The minimum absolute atomic E-state index is 1.09. The average Bonchev–Trinajstić information content (AvgIpc) is 2.07. The highest BCUT2D eigenvalue weighted by Crippen LogP contribution is 2.14. The third-order valence-electron chi connectivity index (χ3n) is 1.37. The molecular weight excluding hydrogens is 222 g/mol. The summed E-state index contributed by atoms with van der Waals surface area (Å²) in [6.45, 7) is 0.